The van der Waals surface area contributed by atoms with E-state index < -0.39 is 22.1 Å². The number of ether oxygens (including phenoxy) is 2. The Morgan fingerprint density at radius 1 is 1.22 bits per heavy atom. The number of hydrogen-bond donors (Lipinski definition) is 0. The molecule has 4 fully saturated rings. The summed E-state index contributed by atoms with van der Waals surface area (Å²) in [5.41, 5.74) is -0.339. The van der Waals surface area contributed by atoms with Gasteiger partial charge in [0, 0.05) is 0 Å². The Labute approximate surface area is 107 Å². The SMILES string of the molecule is O=S(=O)(F)CC1COCC2(CC3CCC2CC3)O1. The van der Waals surface area contributed by atoms with Crippen LogP contribution in [0.5, 0.6) is 0 Å². The summed E-state index contributed by atoms with van der Waals surface area (Å²) in [6, 6.07) is 0. The molecule has 1 spiro atoms. The van der Waals surface area contributed by atoms with Gasteiger partial charge in [-0.2, -0.15) is 8.42 Å². The van der Waals surface area contributed by atoms with Crippen LogP contribution in [0.3, 0.4) is 0 Å². The first-order valence-corrected chi connectivity index (χ1v) is 8.20. The van der Waals surface area contributed by atoms with Gasteiger partial charge >= 0.3 is 10.2 Å². The molecule has 0 N–H and O–H groups in total. The zero-order valence-electron chi connectivity index (χ0n) is 10.3. The normalized spacial score (nSPS) is 44.4. The molecule has 0 radical (unpaired) electrons. The van der Waals surface area contributed by atoms with Crippen molar-refractivity contribution in [2.24, 2.45) is 11.8 Å². The maximum absolute atomic E-state index is 12.8. The maximum atomic E-state index is 12.8. The molecule has 3 saturated carbocycles. The molecule has 4 rings (SSSR count). The van der Waals surface area contributed by atoms with Crippen molar-refractivity contribution in [3.8, 4) is 0 Å². The first-order valence-electron chi connectivity index (χ1n) is 6.65. The van der Waals surface area contributed by atoms with E-state index in [1.54, 1.807) is 0 Å². The molecule has 4 nitrogen and oxygen atoms in total. The zero-order valence-corrected chi connectivity index (χ0v) is 11.1. The second kappa shape index (κ2) is 4.42. The second-order valence-corrected chi connectivity index (χ2v) is 7.36. The number of halogens is 1. The van der Waals surface area contributed by atoms with Crippen molar-refractivity contribution >= 4 is 10.2 Å². The molecule has 2 bridgehead atoms. The van der Waals surface area contributed by atoms with E-state index in [1.165, 1.54) is 12.8 Å². The van der Waals surface area contributed by atoms with E-state index in [-0.39, 0.29) is 12.2 Å². The monoisotopic (exact) mass is 278 g/mol. The summed E-state index contributed by atoms with van der Waals surface area (Å²) in [5.74, 6) is 0.540. The van der Waals surface area contributed by atoms with E-state index in [2.05, 4.69) is 0 Å². The summed E-state index contributed by atoms with van der Waals surface area (Å²) in [4.78, 5) is 0. The van der Waals surface area contributed by atoms with Crippen LogP contribution in [0, 0.1) is 11.8 Å². The Morgan fingerprint density at radius 3 is 2.50 bits per heavy atom. The standard InChI is InChI=1S/C12H19FO4S/c13-18(14,15)7-11-6-16-8-12(17-11)5-9-1-3-10(12)4-2-9/h9-11H,1-8H2. The van der Waals surface area contributed by atoms with Crippen molar-refractivity contribution in [1.29, 1.82) is 0 Å². The molecule has 0 aromatic carbocycles. The van der Waals surface area contributed by atoms with Crippen LogP contribution in [0.25, 0.3) is 0 Å². The third kappa shape index (κ3) is 2.42. The summed E-state index contributed by atoms with van der Waals surface area (Å²) < 4.78 is 45.7. The molecule has 1 heterocycles. The third-order valence-corrected chi connectivity index (χ3v) is 5.43. The Balaban J connectivity index is 1.73. The van der Waals surface area contributed by atoms with Gasteiger partial charge in [-0.3, -0.25) is 0 Å². The van der Waals surface area contributed by atoms with Crippen molar-refractivity contribution in [3.63, 3.8) is 0 Å². The van der Waals surface area contributed by atoms with Gasteiger partial charge in [0.15, 0.2) is 0 Å². The molecular formula is C12H19FO4S. The Kier molecular flexibility index (Phi) is 3.15. The highest BCUT2D eigenvalue weighted by atomic mass is 32.3. The molecule has 104 valence electrons. The topological polar surface area (TPSA) is 52.6 Å². The van der Waals surface area contributed by atoms with Gasteiger partial charge in [-0.15, -0.1) is 3.89 Å². The minimum atomic E-state index is -4.50. The van der Waals surface area contributed by atoms with Gasteiger partial charge in [0.1, 0.15) is 5.75 Å². The van der Waals surface area contributed by atoms with Crippen LogP contribution < -0.4 is 0 Å². The number of rotatable bonds is 2. The lowest BCUT2D eigenvalue weighted by Gasteiger charge is -2.54. The molecule has 0 amide bonds. The van der Waals surface area contributed by atoms with Gasteiger partial charge < -0.3 is 9.47 Å². The smallest absolute Gasteiger partial charge is 0.305 e. The number of hydrogen-bond acceptors (Lipinski definition) is 4. The first kappa shape index (κ1) is 12.8. The lowest BCUT2D eigenvalue weighted by Crippen LogP contribution is -2.58. The molecule has 6 heteroatoms. The second-order valence-electron chi connectivity index (χ2n) is 5.95. The summed E-state index contributed by atoms with van der Waals surface area (Å²) >= 11 is 0. The van der Waals surface area contributed by atoms with Crippen molar-refractivity contribution in [1.82, 2.24) is 0 Å². The lowest BCUT2D eigenvalue weighted by molar-refractivity contribution is -0.244. The highest BCUT2D eigenvalue weighted by Crippen LogP contribution is 2.50. The van der Waals surface area contributed by atoms with Crippen LogP contribution in [0.1, 0.15) is 32.1 Å². The van der Waals surface area contributed by atoms with E-state index in [0.29, 0.717) is 18.4 Å². The van der Waals surface area contributed by atoms with Crippen LogP contribution in [-0.2, 0) is 19.7 Å². The molecule has 1 saturated heterocycles. The van der Waals surface area contributed by atoms with E-state index in [9.17, 15) is 12.3 Å². The summed E-state index contributed by atoms with van der Waals surface area (Å²) in [6.45, 7) is 0.722. The van der Waals surface area contributed by atoms with Gasteiger partial charge in [0.2, 0.25) is 0 Å². The summed E-state index contributed by atoms with van der Waals surface area (Å²) in [7, 11) is -4.50. The van der Waals surface area contributed by atoms with Gasteiger partial charge in [0.05, 0.1) is 24.9 Å². The minimum absolute atomic E-state index is 0.183. The molecule has 0 aromatic rings. The fourth-order valence-electron chi connectivity index (χ4n) is 3.94. The molecule has 2 atom stereocenters. The van der Waals surface area contributed by atoms with E-state index in [0.717, 1.165) is 19.3 Å². The molecular weight excluding hydrogens is 259 g/mol. The van der Waals surface area contributed by atoms with Crippen LogP contribution >= 0.6 is 0 Å². The third-order valence-electron chi connectivity index (χ3n) is 4.66. The predicted molar refractivity (Wildman–Crippen MR) is 63.4 cm³/mol. The van der Waals surface area contributed by atoms with Crippen LogP contribution in [0.15, 0.2) is 0 Å². The maximum Gasteiger partial charge on any atom is 0.305 e. The van der Waals surface area contributed by atoms with Crippen LogP contribution in [-0.4, -0.2) is 39.1 Å². The highest BCUT2D eigenvalue weighted by Gasteiger charge is 2.51. The van der Waals surface area contributed by atoms with Gasteiger partial charge in [-0.1, -0.05) is 0 Å². The van der Waals surface area contributed by atoms with Gasteiger partial charge in [-0.05, 0) is 43.9 Å². The Morgan fingerprint density at radius 2 is 1.94 bits per heavy atom. The molecule has 4 aliphatic rings. The van der Waals surface area contributed by atoms with Crippen molar-refractivity contribution in [2.45, 2.75) is 43.8 Å². The van der Waals surface area contributed by atoms with Crippen molar-refractivity contribution in [2.75, 3.05) is 19.0 Å². The average molecular weight is 278 g/mol. The first-order chi connectivity index (χ1) is 8.47. The van der Waals surface area contributed by atoms with Crippen LogP contribution in [0.2, 0.25) is 0 Å². The lowest BCUT2D eigenvalue weighted by atomic mass is 9.62. The largest absolute Gasteiger partial charge is 0.376 e. The Hall–Kier alpha value is -0.200. The van der Waals surface area contributed by atoms with Crippen molar-refractivity contribution in [3.05, 3.63) is 0 Å². The minimum Gasteiger partial charge on any atom is -0.376 e. The van der Waals surface area contributed by atoms with Crippen molar-refractivity contribution < 1.29 is 21.8 Å². The predicted octanol–water partition coefficient (Wildman–Crippen LogP) is 1.65. The molecule has 3 aliphatic carbocycles. The highest BCUT2D eigenvalue weighted by molar-refractivity contribution is 7.86. The fraction of sp³-hybridized carbons (Fsp3) is 1.00. The van der Waals surface area contributed by atoms with E-state index >= 15 is 0 Å². The fourth-order valence-corrected chi connectivity index (χ4v) is 4.54. The summed E-state index contributed by atoms with van der Waals surface area (Å²) in [5, 5.41) is 0. The molecule has 2 unspecified atom stereocenters. The van der Waals surface area contributed by atoms with Crippen LogP contribution in [0.4, 0.5) is 3.89 Å². The summed E-state index contributed by atoms with van der Waals surface area (Å²) in [6.07, 6.45) is 5.03. The average Bonchev–Trinajstić information content (AvgIpc) is 2.28. The van der Waals surface area contributed by atoms with Gasteiger partial charge in [0.25, 0.3) is 0 Å². The quantitative estimate of drug-likeness (QED) is 0.721. The van der Waals surface area contributed by atoms with E-state index in [1.807, 2.05) is 0 Å². The number of fused-ring (bicyclic) bond motifs is 2. The molecule has 0 aromatic heterocycles. The molecule has 18 heavy (non-hydrogen) atoms. The Bertz CT molecular complexity index is 416. The molecule has 1 aliphatic heterocycles. The van der Waals surface area contributed by atoms with E-state index in [4.69, 9.17) is 9.47 Å². The zero-order chi connectivity index (χ0) is 12.8. The van der Waals surface area contributed by atoms with Gasteiger partial charge in [-0.25, -0.2) is 0 Å².